The molecule has 2 aromatic heterocycles. The smallest absolute Gasteiger partial charge is 0.326 e. The topological polar surface area (TPSA) is 202 Å². The van der Waals surface area contributed by atoms with Crippen molar-refractivity contribution in [3.63, 3.8) is 0 Å². The Kier molecular flexibility index (Phi) is 10.4. The zero-order valence-electron chi connectivity index (χ0n) is 26.7. The molecule has 5 aromatic rings. The van der Waals surface area contributed by atoms with E-state index in [0.717, 1.165) is 32.9 Å². The van der Waals surface area contributed by atoms with Crippen LogP contribution in [0.1, 0.15) is 30.5 Å². The molecule has 48 heavy (non-hydrogen) atoms. The number of carbonyl (C=O) groups is 4. The van der Waals surface area contributed by atoms with Crippen molar-refractivity contribution in [3.05, 3.63) is 102 Å². The number of H-pyrrole nitrogens is 2. The number of fused-ring (bicyclic) bond motifs is 2. The number of phenols is 1. The molecule has 0 aliphatic rings. The van der Waals surface area contributed by atoms with Crippen LogP contribution in [0.4, 0.5) is 0 Å². The summed E-state index contributed by atoms with van der Waals surface area (Å²) in [5.41, 5.74) is 10.3. The predicted molar refractivity (Wildman–Crippen MR) is 182 cm³/mol. The minimum absolute atomic E-state index is 0.0306. The van der Waals surface area contributed by atoms with Gasteiger partial charge in [0.25, 0.3) is 0 Å². The normalized spacial score (nSPS) is 13.9. The van der Waals surface area contributed by atoms with Crippen LogP contribution in [-0.4, -0.2) is 68.0 Å². The van der Waals surface area contributed by atoms with Crippen LogP contribution in [0, 0.1) is 5.92 Å². The number of para-hydroxylation sites is 2. The number of hydrogen-bond donors (Lipinski definition) is 8. The molecule has 9 N–H and O–H groups in total. The maximum atomic E-state index is 14.0. The zero-order valence-corrected chi connectivity index (χ0v) is 26.7. The number of carbonyl (C=O) groups excluding carboxylic acids is 3. The Morgan fingerprint density at radius 3 is 1.75 bits per heavy atom. The van der Waals surface area contributed by atoms with E-state index >= 15 is 0 Å². The van der Waals surface area contributed by atoms with Gasteiger partial charge < -0.3 is 41.9 Å². The number of nitrogens with two attached hydrogens (primary N) is 1. The number of carboxylic acid groups (broad SMARTS) is 1. The van der Waals surface area contributed by atoms with Crippen LogP contribution in [0.3, 0.4) is 0 Å². The molecular weight excluding hydrogens is 612 g/mol. The number of rotatable bonds is 14. The molecular formula is C36H40N6O6. The Morgan fingerprint density at radius 2 is 1.19 bits per heavy atom. The summed E-state index contributed by atoms with van der Waals surface area (Å²) in [6.45, 7) is 3.35. The van der Waals surface area contributed by atoms with E-state index in [1.807, 2.05) is 48.5 Å². The van der Waals surface area contributed by atoms with Gasteiger partial charge >= 0.3 is 5.97 Å². The summed E-state index contributed by atoms with van der Waals surface area (Å²) in [5, 5.41) is 29.4. The number of phenolic OH excluding ortho intramolecular Hbond substituents is 1. The molecule has 0 spiro atoms. The van der Waals surface area contributed by atoms with E-state index in [4.69, 9.17) is 5.73 Å². The first-order valence-electron chi connectivity index (χ1n) is 15.8. The summed E-state index contributed by atoms with van der Waals surface area (Å²) in [6, 6.07) is 16.8. The monoisotopic (exact) mass is 652 g/mol. The van der Waals surface area contributed by atoms with E-state index in [2.05, 4.69) is 25.9 Å². The van der Waals surface area contributed by atoms with Crippen LogP contribution in [0.5, 0.6) is 5.75 Å². The van der Waals surface area contributed by atoms with E-state index in [-0.39, 0.29) is 25.0 Å². The van der Waals surface area contributed by atoms with Crippen LogP contribution in [0.25, 0.3) is 21.8 Å². The van der Waals surface area contributed by atoms with Crippen molar-refractivity contribution in [3.8, 4) is 5.75 Å². The maximum Gasteiger partial charge on any atom is 0.326 e. The van der Waals surface area contributed by atoms with Crippen molar-refractivity contribution in [2.24, 2.45) is 11.7 Å². The molecule has 12 nitrogen and oxygen atoms in total. The van der Waals surface area contributed by atoms with Gasteiger partial charge in [0.15, 0.2) is 0 Å². The Balaban J connectivity index is 1.39. The number of aromatic nitrogens is 2. The summed E-state index contributed by atoms with van der Waals surface area (Å²) in [5.74, 6) is -3.48. The quantitative estimate of drug-likeness (QED) is 0.0901. The van der Waals surface area contributed by atoms with Gasteiger partial charge in [-0.2, -0.15) is 0 Å². The van der Waals surface area contributed by atoms with Gasteiger partial charge in [-0.15, -0.1) is 0 Å². The van der Waals surface area contributed by atoms with E-state index in [0.29, 0.717) is 5.56 Å². The lowest BCUT2D eigenvalue weighted by atomic mass is 9.99. The van der Waals surface area contributed by atoms with Crippen molar-refractivity contribution in [1.82, 2.24) is 25.9 Å². The fraction of sp³-hybridized carbons (Fsp3) is 0.278. The second-order valence-corrected chi connectivity index (χ2v) is 12.3. The molecule has 5 rings (SSSR count). The molecule has 250 valence electrons. The third kappa shape index (κ3) is 8.02. The van der Waals surface area contributed by atoms with Crippen molar-refractivity contribution in [2.75, 3.05) is 0 Å². The fourth-order valence-corrected chi connectivity index (χ4v) is 5.76. The number of aliphatic carboxylic acids is 1. The highest BCUT2D eigenvalue weighted by Gasteiger charge is 2.32. The molecule has 0 bridgehead atoms. The molecule has 0 aliphatic carbocycles. The third-order valence-corrected chi connectivity index (χ3v) is 8.42. The summed E-state index contributed by atoms with van der Waals surface area (Å²) in [7, 11) is 0. The number of aromatic hydroxyl groups is 1. The summed E-state index contributed by atoms with van der Waals surface area (Å²) in [6.07, 6.45) is 3.83. The number of aromatic amines is 2. The summed E-state index contributed by atoms with van der Waals surface area (Å²) in [4.78, 5) is 59.4. The van der Waals surface area contributed by atoms with E-state index in [1.54, 1.807) is 38.4 Å². The molecule has 4 atom stereocenters. The molecule has 0 saturated heterocycles. The molecule has 0 saturated carbocycles. The number of benzene rings is 3. The Morgan fingerprint density at radius 1 is 0.688 bits per heavy atom. The molecule has 0 radical (unpaired) electrons. The number of carboxylic acids is 1. The lowest BCUT2D eigenvalue weighted by Gasteiger charge is -2.26. The predicted octanol–water partition coefficient (Wildman–Crippen LogP) is 2.91. The lowest BCUT2D eigenvalue weighted by Crippen LogP contribution is -2.58. The molecule has 4 unspecified atom stereocenters. The molecule has 12 heteroatoms. The van der Waals surface area contributed by atoms with Gasteiger partial charge in [0, 0.05) is 47.0 Å². The largest absolute Gasteiger partial charge is 0.508 e. The first-order chi connectivity index (χ1) is 23.0. The average Bonchev–Trinajstić information content (AvgIpc) is 3.67. The fourth-order valence-electron chi connectivity index (χ4n) is 5.76. The molecule has 3 amide bonds. The van der Waals surface area contributed by atoms with Gasteiger partial charge in [-0.1, -0.05) is 62.4 Å². The van der Waals surface area contributed by atoms with Crippen molar-refractivity contribution in [1.29, 1.82) is 0 Å². The Labute approximate surface area is 277 Å². The SMILES string of the molecule is CC(C)C(NC(=O)C(Cc1c[nH]c2ccccc12)NC(=O)C(Cc1ccc(O)cc1)NC(=O)C(N)Cc1c[nH]c2ccccc12)C(=O)O. The Bertz CT molecular complexity index is 1910. The zero-order chi connectivity index (χ0) is 34.4. The number of nitrogens with one attached hydrogen (secondary N) is 5. The summed E-state index contributed by atoms with van der Waals surface area (Å²) >= 11 is 0. The molecule has 0 fully saturated rings. The van der Waals surface area contributed by atoms with Crippen molar-refractivity contribution in [2.45, 2.75) is 57.3 Å². The standard InChI is InChI=1S/C36H40N6O6/c1-20(2)32(36(47)48)42-35(46)31(17-23-19-39-29-10-6-4-8-26(23)29)41-34(45)30(15-21-11-13-24(43)14-12-21)40-33(44)27(37)16-22-18-38-28-9-5-3-7-25(22)28/h3-14,18-20,27,30-32,38-39,43H,15-17,37H2,1-2H3,(H,40,44)(H,41,45)(H,42,46)(H,47,48). The minimum Gasteiger partial charge on any atom is -0.508 e. The highest BCUT2D eigenvalue weighted by Crippen LogP contribution is 2.21. The van der Waals surface area contributed by atoms with Gasteiger partial charge in [0.05, 0.1) is 6.04 Å². The van der Waals surface area contributed by atoms with Gasteiger partial charge in [-0.25, -0.2) is 4.79 Å². The minimum atomic E-state index is -1.20. The van der Waals surface area contributed by atoms with Crippen LogP contribution in [0.2, 0.25) is 0 Å². The van der Waals surface area contributed by atoms with Gasteiger partial charge in [0.2, 0.25) is 17.7 Å². The second-order valence-electron chi connectivity index (χ2n) is 12.3. The van der Waals surface area contributed by atoms with Crippen LogP contribution >= 0.6 is 0 Å². The first kappa shape index (κ1) is 33.7. The van der Waals surface area contributed by atoms with Gasteiger partial charge in [-0.3, -0.25) is 14.4 Å². The maximum absolute atomic E-state index is 14.0. The van der Waals surface area contributed by atoms with E-state index < -0.39 is 53.8 Å². The summed E-state index contributed by atoms with van der Waals surface area (Å²) < 4.78 is 0. The highest BCUT2D eigenvalue weighted by atomic mass is 16.4. The Hall–Kier alpha value is -5.62. The van der Waals surface area contributed by atoms with Crippen LogP contribution in [-0.2, 0) is 38.4 Å². The molecule has 0 aliphatic heterocycles. The number of hydrogen-bond acceptors (Lipinski definition) is 6. The number of amides is 3. The lowest BCUT2D eigenvalue weighted by molar-refractivity contribution is -0.143. The second kappa shape index (κ2) is 14.9. The third-order valence-electron chi connectivity index (χ3n) is 8.42. The van der Waals surface area contributed by atoms with Crippen LogP contribution < -0.4 is 21.7 Å². The highest BCUT2D eigenvalue weighted by molar-refractivity contribution is 5.95. The van der Waals surface area contributed by atoms with E-state index in [1.165, 1.54) is 12.1 Å². The van der Waals surface area contributed by atoms with Crippen molar-refractivity contribution >= 4 is 45.5 Å². The molecule has 2 heterocycles. The average molecular weight is 653 g/mol. The first-order valence-corrected chi connectivity index (χ1v) is 15.8. The van der Waals surface area contributed by atoms with Crippen molar-refractivity contribution < 1.29 is 29.4 Å². The van der Waals surface area contributed by atoms with Gasteiger partial charge in [-0.05, 0) is 53.3 Å². The van der Waals surface area contributed by atoms with Gasteiger partial charge in [0.1, 0.15) is 23.9 Å². The van der Waals surface area contributed by atoms with Crippen LogP contribution in [0.15, 0.2) is 85.2 Å². The van der Waals surface area contributed by atoms with E-state index in [9.17, 15) is 29.4 Å². The molecule has 3 aromatic carbocycles.